The molecule has 0 N–H and O–H groups in total. The minimum Gasteiger partial charge on any atom is -0.492 e. The fraction of sp³-hybridized carbons (Fsp3) is 0.333. The van der Waals surface area contributed by atoms with E-state index >= 15 is 0 Å². The molecule has 2 rings (SSSR count). The molecule has 0 unspecified atom stereocenters. The number of pyridine rings is 1. The Morgan fingerprint density at radius 1 is 1.26 bits per heavy atom. The lowest BCUT2D eigenvalue weighted by Crippen LogP contribution is -2.28. The van der Waals surface area contributed by atoms with E-state index in [4.69, 9.17) is 9.47 Å². The molecule has 2 aromatic rings. The van der Waals surface area contributed by atoms with Crippen LogP contribution in [0.15, 0.2) is 35.1 Å². The molecule has 0 bridgehead atoms. The molecule has 120 valence electrons. The van der Waals surface area contributed by atoms with Crippen molar-refractivity contribution in [2.45, 2.75) is 27.0 Å². The highest BCUT2D eigenvalue weighted by Crippen LogP contribution is 2.13. The minimum absolute atomic E-state index is 0.132. The van der Waals surface area contributed by atoms with Crippen molar-refractivity contribution in [2.75, 3.05) is 13.7 Å². The van der Waals surface area contributed by atoms with Crippen molar-refractivity contribution in [3.8, 4) is 11.8 Å². The molecule has 23 heavy (non-hydrogen) atoms. The summed E-state index contributed by atoms with van der Waals surface area (Å²) in [5.74, 6) is 0.771. The van der Waals surface area contributed by atoms with E-state index in [1.54, 1.807) is 4.57 Å². The third kappa shape index (κ3) is 3.99. The van der Waals surface area contributed by atoms with Crippen LogP contribution in [-0.2, 0) is 17.9 Å². The fourth-order valence-corrected chi connectivity index (χ4v) is 2.46. The van der Waals surface area contributed by atoms with Crippen LogP contribution in [0.5, 0.6) is 5.75 Å². The van der Waals surface area contributed by atoms with Crippen LogP contribution in [0.1, 0.15) is 22.4 Å². The summed E-state index contributed by atoms with van der Waals surface area (Å²) in [6, 6.07) is 11.5. The molecule has 0 spiro atoms. The number of rotatable bonds is 6. The largest absolute Gasteiger partial charge is 0.492 e. The van der Waals surface area contributed by atoms with Gasteiger partial charge in [-0.3, -0.25) is 4.79 Å². The maximum Gasteiger partial charge on any atom is 0.269 e. The maximum atomic E-state index is 12.4. The van der Waals surface area contributed by atoms with Gasteiger partial charge in [0.2, 0.25) is 0 Å². The third-order valence-corrected chi connectivity index (χ3v) is 3.57. The molecular weight excluding hydrogens is 292 g/mol. The number of nitriles is 1. The molecule has 1 aromatic heterocycles. The molecule has 0 aliphatic heterocycles. The van der Waals surface area contributed by atoms with Gasteiger partial charge in [0.25, 0.3) is 5.56 Å². The molecule has 0 saturated carbocycles. The van der Waals surface area contributed by atoms with E-state index in [2.05, 4.69) is 0 Å². The van der Waals surface area contributed by atoms with Crippen LogP contribution in [0.25, 0.3) is 0 Å². The van der Waals surface area contributed by atoms with E-state index in [-0.39, 0.29) is 17.7 Å². The summed E-state index contributed by atoms with van der Waals surface area (Å²) in [6.07, 6.45) is 0. The number of nitrogens with zero attached hydrogens (tertiary/aromatic N) is 2. The summed E-state index contributed by atoms with van der Waals surface area (Å²) in [6.45, 7) is 4.84. The van der Waals surface area contributed by atoms with Gasteiger partial charge in [-0.1, -0.05) is 12.1 Å². The number of hydrogen-bond acceptors (Lipinski definition) is 4. The van der Waals surface area contributed by atoms with E-state index in [1.165, 1.54) is 7.11 Å². The maximum absolute atomic E-state index is 12.4. The lowest BCUT2D eigenvalue weighted by atomic mass is 10.1. The SMILES string of the molecule is COCc1cc(C)n(CCOc2cccc(C)c2)c(=O)c1C#N. The third-order valence-electron chi connectivity index (χ3n) is 3.57. The Kier molecular flexibility index (Phi) is 5.56. The molecule has 0 aliphatic carbocycles. The predicted octanol–water partition coefficient (Wildman–Crippen LogP) is 2.56. The summed E-state index contributed by atoms with van der Waals surface area (Å²) in [7, 11) is 1.54. The second kappa shape index (κ2) is 7.61. The first-order chi connectivity index (χ1) is 11.1. The highest BCUT2D eigenvalue weighted by atomic mass is 16.5. The van der Waals surface area contributed by atoms with Crippen molar-refractivity contribution < 1.29 is 9.47 Å². The van der Waals surface area contributed by atoms with E-state index < -0.39 is 0 Å². The lowest BCUT2D eigenvalue weighted by Gasteiger charge is -2.14. The number of hydrogen-bond donors (Lipinski definition) is 0. The molecule has 0 aliphatic rings. The Labute approximate surface area is 135 Å². The summed E-state index contributed by atoms with van der Waals surface area (Å²) < 4.78 is 12.3. The van der Waals surface area contributed by atoms with Gasteiger partial charge in [-0.2, -0.15) is 5.26 Å². The highest BCUT2D eigenvalue weighted by molar-refractivity contribution is 5.36. The van der Waals surface area contributed by atoms with Crippen molar-refractivity contribution in [3.63, 3.8) is 0 Å². The average Bonchev–Trinajstić information content (AvgIpc) is 2.51. The molecule has 5 heteroatoms. The van der Waals surface area contributed by atoms with Crippen LogP contribution in [0.4, 0.5) is 0 Å². The molecule has 0 fully saturated rings. The standard InChI is InChI=1S/C18H20N2O3/c1-13-5-4-6-16(9-13)23-8-7-20-14(2)10-15(12-22-3)17(11-19)18(20)21/h4-6,9-10H,7-8,12H2,1-3H3. The van der Waals surface area contributed by atoms with Gasteiger partial charge in [0.1, 0.15) is 24.0 Å². The Bertz CT molecular complexity index is 788. The average molecular weight is 312 g/mol. The summed E-state index contributed by atoms with van der Waals surface area (Å²) in [4.78, 5) is 12.4. The number of benzene rings is 1. The van der Waals surface area contributed by atoms with Crippen molar-refractivity contribution in [2.24, 2.45) is 0 Å². The van der Waals surface area contributed by atoms with Crippen LogP contribution >= 0.6 is 0 Å². The fourth-order valence-electron chi connectivity index (χ4n) is 2.46. The Balaban J connectivity index is 2.17. The van der Waals surface area contributed by atoms with E-state index in [9.17, 15) is 10.1 Å². The summed E-state index contributed by atoms with van der Waals surface area (Å²) in [5.41, 5.74) is 2.36. The Morgan fingerprint density at radius 3 is 2.70 bits per heavy atom. The molecule has 0 amide bonds. The van der Waals surface area contributed by atoms with E-state index in [1.807, 2.05) is 50.2 Å². The monoisotopic (exact) mass is 312 g/mol. The normalized spacial score (nSPS) is 10.3. The summed E-state index contributed by atoms with van der Waals surface area (Å²) in [5, 5.41) is 9.23. The number of aromatic nitrogens is 1. The van der Waals surface area contributed by atoms with Gasteiger partial charge in [-0.05, 0) is 37.6 Å². The van der Waals surface area contributed by atoms with Gasteiger partial charge in [0.05, 0.1) is 13.2 Å². The summed E-state index contributed by atoms with van der Waals surface area (Å²) >= 11 is 0. The van der Waals surface area contributed by atoms with Crippen molar-refractivity contribution >= 4 is 0 Å². The van der Waals surface area contributed by atoms with Crippen molar-refractivity contribution in [1.29, 1.82) is 5.26 Å². The van der Waals surface area contributed by atoms with Crippen LogP contribution in [-0.4, -0.2) is 18.3 Å². The highest BCUT2D eigenvalue weighted by Gasteiger charge is 2.12. The van der Waals surface area contributed by atoms with Crippen LogP contribution in [0.3, 0.4) is 0 Å². The zero-order chi connectivity index (χ0) is 16.8. The molecule has 1 heterocycles. The molecule has 0 saturated heterocycles. The predicted molar refractivity (Wildman–Crippen MR) is 87.5 cm³/mol. The van der Waals surface area contributed by atoms with Gasteiger partial charge < -0.3 is 14.0 Å². The first-order valence-electron chi connectivity index (χ1n) is 7.38. The van der Waals surface area contributed by atoms with Gasteiger partial charge in [-0.25, -0.2) is 0 Å². The first kappa shape index (κ1) is 16.8. The molecule has 0 radical (unpaired) electrons. The Hall–Kier alpha value is -2.58. The minimum atomic E-state index is -0.299. The second-order valence-electron chi connectivity index (χ2n) is 5.35. The Morgan fingerprint density at radius 2 is 2.04 bits per heavy atom. The van der Waals surface area contributed by atoms with Crippen molar-refractivity contribution in [1.82, 2.24) is 4.57 Å². The van der Waals surface area contributed by atoms with Crippen molar-refractivity contribution in [3.05, 3.63) is 63.1 Å². The van der Waals surface area contributed by atoms with E-state index in [0.29, 0.717) is 18.7 Å². The zero-order valence-corrected chi connectivity index (χ0v) is 13.6. The smallest absolute Gasteiger partial charge is 0.269 e. The zero-order valence-electron chi connectivity index (χ0n) is 13.6. The molecule has 5 nitrogen and oxygen atoms in total. The van der Waals surface area contributed by atoms with Gasteiger partial charge >= 0.3 is 0 Å². The number of ether oxygens (including phenoxy) is 2. The van der Waals surface area contributed by atoms with Gasteiger partial charge in [-0.15, -0.1) is 0 Å². The van der Waals surface area contributed by atoms with Crippen LogP contribution < -0.4 is 10.3 Å². The lowest BCUT2D eigenvalue weighted by molar-refractivity contribution is 0.184. The first-order valence-corrected chi connectivity index (χ1v) is 7.38. The van der Waals surface area contributed by atoms with Gasteiger partial charge in [0, 0.05) is 18.4 Å². The number of methoxy groups -OCH3 is 1. The molecule has 0 atom stereocenters. The van der Waals surface area contributed by atoms with Gasteiger partial charge in [0.15, 0.2) is 0 Å². The van der Waals surface area contributed by atoms with E-state index in [0.717, 1.165) is 17.0 Å². The molecule has 1 aromatic carbocycles. The van der Waals surface area contributed by atoms with Crippen LogP contribution in [0, 0.1) is 25.2 Å². The number of aryl methyl sites for hydroxylation is 2. The second-order valence-corrected chi connectivity index (χ2v) is 5.35. The quantitative estimate of drug-likeness (QED) is 0.822. The molecular formula is C18H20N2O3. The topological polar surface area (TPSA) is 64.2 Å². The van der Waals surface area contributed by atoms with Crippen LogP contribution in [0.2, 0.25) is 0 Å².